The van der Waals surface area contributed by atoms with Gasteiger partial charge in [0.05, 0.1) is 0 Å². The van der Waals surface area contributed by atoms with E-state index in [0.717, 1.165) is 12.8 Å². The summed E-state index contributed by atoms with van der Waals surface area (Å²) in [6.07, 6.45) is 11.0. The number of aryl methyl sites for hydroxylation is 1. The predicted octanol–water partition coefficient (Wildman–Crippen LogP) is 8.70. The first-order chi connectivity index (χ1) is 13.6. The van der Waals surface area contributed by atoms with Crippen LogP contribution in [0, 0.1) is 6.42 Å². The Balaban J connectivity index is 1.86. The standard InChI is InChI=1S/C27H38F/c1-4-6-8-10-12-27(28)21-22(3)24-17-19-26(20-18-24)25-15-13-23(14-16-25)11-9-7-5-2/h12-20,22,27H,4-11,21H2,1-3H3. The highest BCUT2D eigenvalue weighted by atomic mass is 19.1. The van der Waals surface area contributed by atoms with Gasteiger partial charge in [0.1, 0.15) is 6.17 Å². The van der Waals surface area contributed by atoms with Crippen LogP contribution in [0.2, 0.25) is 0 Å². The average molecular weight is 382 g/mol. The average Bonchev–Trinajstić information content (AvgIpc) is 2.72. The van der Waals surface area contributed by atoms with Gasteiger partial charge in [-0.1, -0.05) is 101 Å². The highest BCUT2D eigenvalue weighted by molar-refractivity contribution is 5.64. The number of hydrogen-bond acceptors (Lipinski definition) is 0. The normalized spacial score (nSPS) is 13.4. The van der Waals surface area contributed by atoms with E-state index in [1.165, 1.54) is 60.8 Å². The summed E-state index contributed by atoms with van der Waals surface area (Å²) in [5.74, 6) is 0.243. The first-order valence-electron chi connectivity index (χ1n) is 11.3. The van der Waals surface area contributed by atoms with Crippen LogP contribution in [0.3, 0.4) is 0 Å². The highest BCUT2D eigenvalue weighted by Gasteiger charge is 2.14. The lowest BCUT2D eigenvalue weighted by Crippen LogP contribution is -2.07. The van der Waals surface area contributed by atoms with E-state index in [-0.39, 0.29) is 5.92 Å². The van der Waals surface area contributed by atoms with Crippen molar-refractivity contribution in [2.45, 2.75) is 90.6 Å². The van der Waals surface area contributed by atoms with Crippen molar-refractivity contribution in [3.8, 4) is 11.1 Å². The minimum atomic E-state index is -0.799. The molecule has 0 spiro atoms. The molecular formula is C27H38F. The van der Waals surface area contributed by atoms with E-state index in [1.807, 2.05) is 6.42 Å². The molecule has 0 amide bonds. The quantitative estimate of drug-likeness (QED) is 0.304. The number of benzene rings is 2. The molecule has 2 atom stereocenters. The van der Waals surface area contributed by atoms with Crippen LogP contribution in [0.15, 0.2) is 48.5 Å². The number of halogens is 1. The summed E-state index contributed by atoms with van der Waals surface area (Å²) in [5, 5.41) is 0. The number of hydrogen-bond donors (Lipinski definition) is 0. The van der Waals surface area contributed by atoms with Gasteiger partial charge in [-0.2, -0.15) is 0 Å². The third-order valence-electron chi connectivity index (χ3n) is 5.64. The largest absolute Gasteiger partial charge is 0.247 e. The van der Waals surface area contributed by atoms with Crippen molar-refractivity contribution in [2.75, 3.05) is 0 Å². The molecule has 2 aromatic carbocycles. The van der Waals surface area contributed by atoms with Gasteiger partial charge in [-0.05, 0) is 60.3 Å². The zero-order chi connectivity index (χ0) is 20.2. The first-order valence-corrected chi connectivity index (χ1v) is 11.3. The fourth-order valence-electron chi connectivity index (χ4n) is 3.71. The van der Waals surface area contributed by atoms with Crippen molar-refractivity contribution in [3.05, 3.63) is 66.1 Å². The molecule has 0 fully saturated rings. The third kappa shape index (κ3) is 7.78. The van der Waals surface area contributed by atoms with E-state index in [1.54, 1.807) is 0 Å². The lowest BCUT2D eigenvalue weighted by Gasteiger charge is -2.16. The summed E-state index contributed by atoms with van der Waals surface area (Å²) in [5.41, 5.74) is 5.14. The fourth-order valence-corrected chi connectivity index (χ4v) is 3.71. The molecule has 1 heteroatoms. The van der Waals surface area contributed by atoms with Crippen LogP contribution in [0.5, 0.6) is 0 Å². The Morgan fingerprint density at radius 3 is 1.96 bits per heavy atom. The van der Waals surface area contributed by atoms with E-state index < -0.39 is 6.17 Å². The maximum atomic E-state index is 14.2. The van der Waals surface area contributed by atoms with Gasteiger partial charge in [-0.15, -0.1) is 0 Å². The fraction of sp³-hybridized carbons (Fsp3) is 0.519. The van der Waals surface area contributed by atoms with Crippen molar-refractivity contribution in [1.82, 2.24) is 0 Å². The second-order valence-electron chi connectivity index (χ2n) is 8.16. The van der Waals surface area contributed by atoms with Gasteiger partial charge in [-0.25, -0.2) is 4.39 Å². The molecule has 2 rings (SSSR count). The van der Waals surface area contributed by atoms with E-state index in [2.05, 4.69) is 69.3 Å². The first kappa shape index (κ1) is 22.7. The molecule has 0 saturated carbocycles. The Morgan fingerprint density at radius 2 is 1.36 bits per heavy atom. The van der Waals surface area contributed by atoms with Gasteiger partial charge in [0.2, 0.25) is 0 Å². The topological polar surface area (TPSA) is 0 Å². The van der Waals surface area contributed by atoms with Crippen LogP contribution < -0.4 is 0 Å². The highest BCUT2D eigenvalue weighted by Crippen LogP contribution is 2.27. The molecule has 153 valence electrons. The molecule has 0 N–H and O–H groups in total. The molecule has 1 radical (unpaired) electrons. The zero-order valence-corrected chi connectivity index (χ0v) is 18.1. The summed E-state index contributed by atoms with van der Waals surface area (Å²) in [6, 6.07) is 17.6. The summed E-state index contributed by atoms with van der Waals surface area (Å²) in [6.45, 7) is 6.56. The van der Waals surface area contributed by atoms with Crippen molar-refractivity contribution < 1.29 is 4.39 Å². The molecule has 2 unspecified atom stereocenters. The van der Waals surface area contributed by atoms with Crippen molar-refractivity contribution in [1.29, 1.82) is 0 Å². The summed E-state index contributed by atoms with van der Waals surface area (Å²) in [7, 11) is 0. The molecule has 0 aliphatic carbocycles. The minimum Gasteiger partial charge on any atom is -0.247 e. The number of alkyl halides is 1. The van der Waals surface area contributed by atoms with Gasteiger partial charge in [0.25, 0.3) is 0 Å². The Bertz CT molecular complexity index is 641. The third-order valence-corrected chi connectivity index (χ3v) is 5.64. The molecule has 0 aliphatic rings. The Labute approximate surface area is 172 Å². The lowest BCUT2D eigenvalue weighted by atomic mass is 9.92. The van der Waals surface area contributed by atoms with Crippen LogP contribution >= 0.6 is 0 Å². The molecule has 0 nitrogen and oxygen atoms in total. The van der Waals surface area contributed by atoms with E-state index in [4.69, 9.17) is 0 Å². The summed E-state index contributed by atoms with van der Waals surface area (Å²) < 4.78 is 14.2. The van der Waals surface area contributed by atoms with Crippen LogP contribution in [0.25, 0.3) is 11.1 Å². The molecule has 0 bridgehead atoms. The monoisotopic (exact) mass is 381 g/mol. The van der Waals surface area contributed by atoms with Crippen LogP contribution in [-0.4, -0.2) is 6.17 Å². The molecule has 28 heavy (non-hydrogen) atoms. The van der Waals surface area contributed by atoms with Crippen LogP contribution in [0.4, 0.5) is 4.39 Å². The molecule has 0 aromatic heterocycles. The number of unbranched alkanes of at least 4 members (excludes halogenated alkanes) is 5. The van der Waals surface area contributed by atoms with Crippen molar-refractivity contribution in [3.63, 3.8) is 0 Å². The van der Waals surface area contributed by atoms with Gasteiger partial charge in [-0.3, -0.25) is 0 Å². The molecular weight excluding hydrogens is 343 g/mol. The molecule has 0 heterocycles. The maximum absolute atomic E-state index is 14.2. The van der Waals surface area contributed by atoms with E-state index >= 15 is 0 Å². The van der Waals surface area contributed by atoms with Gasteiger partial charge in [0.15, 0.2) is 0 Å². The Kier molecular flexibility index (Phi) is 10.3. The Morgan fingerprint density at radius 1 is 0.786 bits per heavy atom. The molecule has 2 aromatic rings. The van der Waals surface area contributed by atoms with E-state index in [0.29, 0.717) is 6.42 Å². The van der Waals surface area contributed by atoms with Crippen molar-refractivity contribution in [2.24, 2.45) is 0 Å². The number of rotatable bonds is 13. The second-order valence-corrected chi connectivity index (χ2v) is 8.16. The summed E-state index contributed by atoms with van der Waals surface area (Å²) in [4.78, 5) is 0. The Hall–Kier alpha value is -1.63. The minimum absolute atomic E-state index is 0.243. The lowest BCUT2D eigenvalue weighted by molar-refractivity contribution is 0.329. The second kappa shape index (κ2) is 12.8. The van der Waals surface area contributed by atoms with Gasteiger partial charge in [0, 0.05) is 0 Å². The van der Waals surface area contributed by atoms with Crippen LogP contribution in [0.1, 0.15) is 89.2 Å². The summed E-state index contributed by atoms with van der Waals surface area (Å²) >= 11 is 0. The van der Waals surface area contributed by atoms with E-state index in [9.17, 15) is 4.39 Å². The van der Waals surface area contributed by atoms with Crippen molar-refractivity contribution >= 4 is 0 Å². The SMILES string of the molecule is CCCCC[CH]C(F)CC(C)c1ccc(-c2ccc(CCCCC)cc2)cc1. The van der Waals surface area contributed by atoms with Gasteiger partial charge < -0.3 is 0 Å². The smallest absolute Gasteiger partial charge is 0.104 e. The van der Waals surface area contributed by atoms with Gasteiger partial charge >= 0.3 is 0 Å². The van der Waals surface area contributed by atoms with Crippen LogP contribution in [-0.2, 0) is 6.42 Å². The maximum Gasteiger partial charge on any atom is 0.104 e. The molecule has 0 aliphatic heterocycles. The zero-order valence-electron chi connectivity index (χ0n) is 18.1. The predicted molar refractivity (Wildman–Crippen MR) is 121 cm³/mol. The molecule has 0 saturated heterocycles.